The second-order valence-corrected chi connectivity index (χ2v) is 4.44. The lowest BCUT2D eigenvalue weighted by atomic mass is 10.0. The molecule has 0 aliphatic carbocycles. The quantitative estimate of drug-likeness (QED) is 0.576. The highest BCUT2D eigenvalue weighted by atomic mass is 17.0. The molecule has 0 atom stereocenters. The van der Waals surface area contributed by atoms with Crippen LogP contribution >= 0.6 is 0 Å². The van der Waals surface area contributed by atoms with Gasteiger partial charge in [-0.15, -0.1) is 0 Å². The van der Waals surface area contributed by atoms with Gasteiger partial charge in [0, 0.05) is 0 Å². The summed E-state index contributed by atoms with van der Waals surface area (Å²) in [5, 5.41) is 0. The maximum atomic E-state index is 11.7. The van der Waals surface area contributed by atoms with E-state index in [9.17, 15) is 9.59 Å². The zero-order valence-corrected chi connectivity index (χ0v) is 11.1. The summed E-state index contributed by atoms with van der Waals surface area (Å²) in [6.45, 7) is 7.41. The minimum atomic E-state index is -0.732. The summed E-state index contributed by atoms with van der Waals surface area (Å²) < 4.78 is 18.9. The Morgan fingerprint density at radius 3 is 2.11 bits per heavy atom. The van der Waals surface area contributed by atoms with Gasteiger partial charge < -0.3 is 9.47 Å². The van der Waals surface area contributed by atoms with E-state index in [0.717, 1.165) is 6.42 Å². The van der Waals surface area contributed by atoms with Crippen LogP contribution in [0.1, 0.15) is 61.6 Å². The Hall–Kier alpha value is -1.72. The first kappa shape index (κ1) is 14.3. The van der Waals surface area contributed by atoms with E-state index in [0.29, 0.717) is 6.42 Å². The molecule has 0 aliphatic heterocycles. The molecular formula is C12H18O6. The standard InChI is InChI=1S/C12H18O6/c1-5-7-12(3,4)16-11(14)9-8(17-18-9)10(13)15-6-2/h5-7H2,1-4H3. The summed E-state index contributed by atoms with van der Waals surface area (Å²) in [5.74, 6) is -1.93. The minimum absolute atomic E-state index is 0.190. The Morgan fingerprint density at radius 1 is 1.11 bits per heavy atom. The molecule has 0 fully saturated rings. The topological polar surface area (TPSA) is 78.9 Å². The summed E-state index contributed by atoms with van der Waals surface area (Å²) in [6, 6.07) is 0. The number of esters is 2. The molecule has 1 aromatic heterocycles. The Morgan fingerprint density at radius 2 is 1.67 bits per heavy atom. The van der Waals surface area contributed by atoms with Gasteiger partial charge in [0.25, 0.3) is 0 Å². The molecule has 0 aliphatic rings. The molecule has 18 heavy (non-hydrogen) atoms. The van der Waals surface area contributed by atoms with Crippen LogP contribution in [0, 0.1) is 0 Å². The van der Waals surface area contributed by atoms with Gasteiger partial charge in [-0.3, -0.25) is 9.15 Å². The number of rotatable bonds is 6. The highest BCUT2D eigenvalue weighted by Gasteiger charge is 2.34. The summed E-state index contributed by atoms with van der Waals surface area (Å²) in [4.78, 5) is 23.1. The highest BCUT2D eigenvalue weighted by Crippen LogP contribution is 2.22. The van der Waals surface area contributed by atoms with Crippen LogP contribution in [0.5, 0.6) is 0 Å². The van der Waals surface area contributed by atoms with Gasteiger partial charge in [-0.2, -0.15) is 0 Å². The van der Waals surface area contributed by atoms with Crippen LogP contribution in [0.4, 0.5) is 0 Å². The average Bonchev–Trinajstić information content (AvgIpc) is 2.13. The zero-order valence-electron chi connectivity index (χ0n) is 11.1. The van der Waals surface area contributed by atoms with Crippen molar-refractivity contribution in [3.8, 4) is 0 Å². The van der Waals surface area contributed by atoms with E-state index < -0.39 is 17.5 Å². The predicted molar refractivity (Wildman–Crippen MR) is 61.3 cm³/mol. The van der Waals surface area contributed by atoms with E-state index >= 15 is 0 Å². The number of carbonyl (C=O) groups is 2. The fourth-order valence-electron chi connectivity index (χ4n) is 1.53. The predicted octanol–water partition coefficient (Wildman–Crippen LogP) is 2.78. The van der Waals surface area contributed by atoms with Crippen molar-refractivity contribution in [3.63, 3.8) is 0 Å². The molecule has 1 aromatic rings. The van der Waals surface area contributed by atoms with Gasteiger partial charge in [-0.05, 0) is 27.2 Å². The third-order valence-electron chi connectivity index (χ3n) is 2.28. The van der Waals surface area contributed by atoms with E-state index in [-0.39, 0.29) is 18.1 Å². The van der Waals surface area contributed by atoms with Crippen LogP contribution in [0.15, 0.2) is 9.15 Å². The van der Waals surface area contributed by atoms with Crippen molar-refractivity contribution in [1.82, 2.24) is 0 Å². The van der Waals surface area contributed by atoms with Crippen molar-refractivity contribution in [2.24, 2.45) is 0 Å². The highest BCUT2D eigenvalue weighted by molar-refractivity contribution is 5.99. The lowest BCUT2D eigenvalue weighted by Gasteiger charge is -2.24. The molecule has 102 valence electrons. The first-order valence-corrected chi connectivity index (χ1v) is 5.90. The van der Waals surface area contributed by atoms with Crippen molar-refractivity contribution in [1.29, 1.82) is 0 Å². The third-order valence-corrected chi connectivity index (χ3v) is 2.28. The number of ether oxygens (including phenoxy) is 2. The molecular weight excluding hydrogens is 240 g/mol. The van der Waals surface area contributed by atoms with Crippen LogP contribution in [0.2, 0.25) is 0 Å². The van der Waals surface area contributed by atoms with Crippen LogP contribution in [0.3, 0.4) is 0 Å². The van der Waals surface area contributed by atoms with E-state index in [1.165, 1.54) is 0 Å². The van der Waals surface area contributed by atoms with Crippen molar-refractivity contribution in [3.05, 3.63) is 11.5 Å². The lowest BCUT2D eigenvalue weighted by Crippen LogP contribution is -2.29. The molecule has 1 rings (SSSR count). The van der Waals surface area contributed by atoms with E-state index in [2.05, 4.69) is 9.15 Å². The van der Waals surface area contributed by atoms with Crippen molar-refractivity contribution < 1.29 is 28.2 Å². The molecule has 6 nitrogen and oxygen atoms in total. The van der Waals surface area contributed by atoms with Gasteiger partial charge in [0.15, 0.2) is 0 Å². The molecule has 0 spiro atoms. The third kappa shape index (κ3) is 3.38. The van der Waals surface area contributed by atoms with E-state index in [1.54, 1.807) is 20.8 Å². The van der Waals surface area contributed by atoms with Crippen molar-refractivity contribution in [2.75, 3.05) is 6.61 Å². The van der Waals surface area contributed by atoms with Crippen LogP contribution < -0.4 is 0 Å². The molecule has 0 unspecified atom stereocenters. The Kier molecular flexibility index (Phi) is 4.58. The Labute approximate surface area is 105 Å². The largest absolute Gasteiger partial charge is 0.460 e. The maximum absolute atomic E-state index is 11.7. The Bertz CT molecular complexity index is 412. The molecule has 0 N–H and O–H groups in total. The van der Waals surface area contributed by atoms with Crippen LogP contribution in [-0.2, 0) is 9.47 Å². The van der Waals surface area contributed by atoms with E-state index in [4.69, 9.17) is 9.47 Å². The maximum Gasteiger partial charge on any atom is 0.384 e. The van der Waals surface area contributed by atoms with Crippen molar-refractivity contribution >= 4 is 11.9 Å². The molecule has 0 aromatic carbocycles. The van der Waals surface area contributed by atoms with Gasteiger partial charge in [-0.1, -0.05) is 13.3 Å². The van der Waals surface area contributed by atoms with Gasteiger partial charge in [0.2, 0.25) is 0 Å². The molecule has 0 saturated carbocycles. The van der Waals surface area contributed by atoms with E-state index in [1.807, 2.05) is 6.92 Å². The average molecular weight is 258 g/mol. The van der Waals surface area contributed by atoms with Gasteiger partial charge in [0.05, 0.1) is 6.61 Å². The second kappa shape index (κ2) is 5.75. The summed E-state index contributed by atoms with van der Waals surface area (Å²) in [7, 11) is 0. The summed E-state index contributed by atoms with van der Waals surface area (Å²) >= 11 is 0. The SMILES string of the molecule is CCCC(C)(C)OC(=O)c1ooc1C(=O)OCC. The zero-order chi connectivity index (χ0) is 13.8. The van der Waals surface area contributed by atoms with Crippen molar-refractivity contribution in [2.45, 2.75) is 46.1 Å². The molecule has 0 radical (unpaired) electrons. The summed E-state index contributed by atoms with van der Waals surface area (Å²) in [5.41, 5.74) is -0.614. The van der Waals surface area contributed by atoms with Gasteiger partial charge >= 0.3 is 23.5 Å². The first-order valence-electron chi connectivity index (χ1n) is 5.90. The minimum Gasteiger partial charge on any atom is -0.460 e. The molecule has 1 heterocycles. The molecule has 0 amide bonds. The molecule has 6 heteroatoms. The smallest absolute Gasteiger partial charge is 0.384 e. The van der Waals surface area contributed by atoms with Crippen LogP contribution in [0.25, 0.3) is 0 Å². The second-order valence-electron chi connectivity index (χ2n) is 4.44. The number of hydrogen-bond acceptors (Lipinski definition) is 6. The molecule has 0 bridgehead atoms. The fraction of sp³-hybridized carbons (Fsp3) is 0.667. The monoisotopic (exact) mass is 258 g/mol. The van der Waals surface area contributed by atoms with Crippen LogP contribution in [-0.4, -0.2) is 24.1 Å². The Balaban J connectivity index is 2.67. The molecule has 0 saturated heterocycles. The summed E-state index contributed by atoms with van der Waals surface area (Å²) in [6.07, 6.45) is 1.59. The van der Waals surface area contributed by atoms with Gasteiger partial charge in [-0.25, -0.2) is 9.59 Å². The number of carbonyl (C=O) groups excluding carboxylic acids is 2. The fourth-order valence-corrected chi connectivity index (χ4v) is 1.53. The van der Waals surface area contributed by atoms with Gasteiger partial charge in [0.1, 0.15) is 5.60 Å². The lowest BCUT2D eigenvalue weighted by molar-refractivity contribution is -0.0570. The normalized spacial score (nSPS) is 11.3. The number of hydrogen-bond donors (Lipinski definition) is 0. The first-order chi connectivity index (χ1) is 8.41.